The quantitative estimate of drug-likeness (QED) is 0.444. The average Bonchev–Trinajstić information content (AvgIpc) is 2.97. The molecule has 0 spiro atoms. The van der Waals surface area contributed by atoms with Crippen LogP contribution in [0.1, 0.15) is 42.9 Å². The third-order valence-corrected chi connectivity index (χ3v) is 4.45. The van der Waals surface area contributed by atoms with Crippen molar-refractivity contribution in [1.82, 2.24) is 14.8 Å². The Morgan fingerprint density at radius 2 is 1.96 bits per heavy atom. The van der Waals surface area contributed by atoms with Crippen molar-refractivity contribution in [3.63, 3.8) is 0 Å². The van der Waals surface area contributed by atoms with Gasteiger partial charge in [0.25, 0.3) is 0 Å². The van der Waals surface area contributed by atoms with E-state index in [1.54, 1.807) is 30.3 Å². The predicted molar refractivity (Wildman–Crippen MR) is 100 cm³/mol. The van der Waals surface area contributed by atoms with E-state index in [9.17, 15) is 9.59 Å². The molecule has 0 aliphatic rings. The van der Waals surface area contributed by atoms with Crippen LogP contribution in [0.15, 0.2) is 42.1 Å². The summed E-state index contributed by atoms with van der Waals surface area (Å²) >= 11 is 1.34. The van der Waals surface area contributed by atoms with Gasteiger partial charge in [-0.3, -0.25) is 9.59 Å². The highest BCUT2D eigenvalue weighted by Crippen LogP contribution is 2.21. The molecule has 0 aliphatic heterocycles. The second-order valence-corrected chi connectivity index (χ2v) is 6.81. The minimum absolute atomic E-state index is 0.00376. The van der Waals surface area contributed by atoms with Crippen LogP contribution in [-0.2, 0) is 11.3 Å². The number of hydrogen-bond donors (Lipinski definition) is 1. The molecule has 6 nitrogen and oxygen atoms in total. The maximum Gasteiger partial charge on any atom is 0.234 e. The van der Waals surface area contributed by atoms with Crippen molar-refractivity contribution in [2.24, 2.45) is 0 Å². The van der Waals surface area contributed by atoms with E-state index in [1.165, 1.54) is 18.7 Å². The predicted octanol–water partition coefficient (Wildman–Crippen LogP) is 3.52. The fraction of sp³-hybridized carbons (Fsp3) is 0.333. The summed E-state index contributed by atoms with van der Waals surface area (Å²) in [6.45, 7) is 9.98. The lowest BCUT2D eigenvalue weighted by atomic mass is 10.1. The van der Waals surface area contributed by atoms with Gasteiger partial charge in [-0.25, -0.2) is 0 Å². The molecule has 0 unspecified atom stereocenters. The van der Waals surface area contributed by atoms with E-state index in [1.807, 2.05) is 4.57 Å². The van der Waals surface area contributed by atoms with Crippen LogP contribution in [0.25, 0.3) is 0 Å². The van der Waals surface area contributed by atoms with E-state index in [2.05, 4.69) is 35.9 Å². The molecule has 132 valence electrons. The lowest BCUT2D eigenvalue weighted by molar-refractivity contribution is -0.113. The number of thioether (sulfide) groups is 1. The van der Waals surface area contributed by atoms with Crippen molar-refractivity contribution >= 4 is 29.1 Å². The van der Waals surface area contributed by atoms with Gasteiger partial charge in [0.05, 0.1) is 5.75 Å². The Balaban J connectivity index is 1.98. The zero-order valence-electron chi connectivity index (χ0n) is 14.7. The van der Waals surface area contributed by atoms with Gasteiger partial charge in [0.1, 0.15) is 5.82 Å². The summed E-state index contributed by atoms with van der Waals surface area (Å²) in [6, 6.07) is 6.83. The van der Waals surface area contributed by atoms with Gasteiger partial charge in [0.15, 0.2) is 10.9 Å². The van der Waals surface area contributed by atoms with Crippen LogP contribution in [0.2, 0.25) is 0 Å². The van der Waals surface area contributed by atoms with Crippen LogP contribution in [0.4, 0.5) is 5.69 Å². The molecule has 2 aromatic rings. The number of allylic oxidation sites excluding steroid dienone is 1. The van der Waals surface area contributed by atoms with E-state index in [4.69, 9.17) is 0 Å². The van der Waals surface area contributed by atoms with Crippen molar-refractivity contribution in [3.8, 4) is 0 Å². The number of nitrogens with one attached hydrogen (secondary N) is 1. The van der Waals surface area contributed by atoms with Crippen molar-refractivity contribution < 1.29 is 9.59 Å². The first-order valence-electron chi connectivity index (χ1n) is 8.00. The Hall–Kier alpha value is -2.41. The Labute approximate surface area is 151 Å². The van der Waals surface area contributed by atoms with E-state index >= 15 is 0 Å². The number of ketones is 1. The SMILES string of the molecule is C=CCn1c(SCC(=O)Nc2ccc(C(C)=O)cc2)nnc1C(C)C. The molecule has 0 atom stereocenters. The van der Waals surface area contributed by atoms with E-state index in [0.29, 0.717) is 23.0 Å². The molecule has 0 fully saturated rings. The summed E-state index contributed by atoms with van der Waals surface area (Å²) < 4.78 is 1.97. The number of rotatable bonds is 8. The van der Waals surface area contributed by atoms with Gasteiger partial charge >= 0.3 is 0 Å². The third kappa shape index (κ3) is 5.03. The van der Waals surface area contributed by atoms with Gasteiger partial charge in [0, 0.05) is 23.7 Å². The maximum absolute atomic E-state index is 12.1. The molecule has 1 aromatic heterocycles. The van der Waals surface area contributed by atoms with Gasteiger partial charge in [-0.1, -0.05) is 31.7 Å². The van der Waals surface area contributed by atoms with E-state index in [-0.39, 0.29) is 23.4 Å². The molecule has 1 N–H and O–H groups in total. The van der Waals surface area contributed by atoms with Crippen molar-refractivity contribution in [3.05, 3.63) is 48.3 Å². The Morgan fingerprint density at radius 3 is 2.52 bits per heavy atom. The zero-order chi connectivity index (χ0) is 18.4. The minimum atomic E-state index is -0.139. The largest absolute Gasteiger partial charge is 0.325 e. The normalized spacial score (nSPS) is 10.7. The van der Waals surface area contributed by atoms with Crippen LogP contribution >= 0.6 is 11.8 Å². The third-order valence-electron chi connectivity index (χ3n) is 3.48. The molecule has 0 saturated carbocycles. The standard InChI is InChI=1S/C18H22N4O2S/c1-5-10-22-17(12(2)3)20-21-18(22)25-11-16(24)19-15-8-6-14(7-9-15)13(4)23/h5-9,12H,1,10-11H2,2-4H3,(H,19,24). The van der Waals surface area contributed by atoms with Crippen molar-refractivity contribution in [1.29, 1.82) is 0 Å². The highest BCUT2D eigenvalue weighted by atomic mass is 32.2. The first-order chi connectivity index (χ1) is 11.9. The lowest BCUT2D eigenvalue weighted by Gasteiger charge is -2.09. The summed E-state index contributed by atoms with van der Waals surface area (Å²) in [5.74, 6) is 1.20. The minimum Gasteiger partial charge on any atom is -0.325 e. The number of hydrogen-bond acceptors (Lipinski definition) is 5. The fourth-order valence-corrected chi connectivity index (χ4v) is 3.00. The van der Waals surface area contributed by atoms with E-state index < -0.39 is 0 Å². The van der Waals surface area contributed by atoms with Gasteiger partial charge in [-0.05, 0) is 31.2 Å². The highest BCUT2D eigenvalue weighted by Gasteiger charge is 2.15. The summed E-state index contributed by atoms with van der Waals surface area (Å²) in [5.41, 5.74) is 1.28. The molecule has 0 bridgehead atoms. The summed E-state index contributed by atoms with van der Waals surface area (Å²) in [7, 11) is 0. The first kappa shape index (κ1) is 18.9. The van der Waals surface area contributed by atoms with E-state index in [0.717, 1.165) is 5.82 Å². The second kappa shape index (κ2) is 8.62. The van der Waals surface area contributed by atoms with Crippen LogP contribution in [0, 0.1) is 0 Å². The molecule has 2 rings (SSSR count). The molecule has 1 amide bonds. The Morgan fingerprint density at radius 1 is 1.28 bits per heavy atom. The highest BCUT2D eigenvalue weighted by molar-refractivity contribution is 7.99. The van der Waals surface area contributed by atoms with Gasteiger partial charge in [-0.15, -0.1) is 16.8 Å². The average molecular weight is 358 g/mol. The molecule has 1 aromatic carbocycles. The zero-order valence-corrected chi connectivity index (χ0v) is 15.5. The van der Waals surface area contributed by atoms with Gasteiger partial charge in [0.2, 0.25) is 5.91 Å². The molecule has 0 saturated heterocycles. The number of carbonyl (C=O) groups is 2. The fourth-order valence-electron chi connectivity index (χ4n) is 2.25. The number of anilines is 1. The van der Waals surface area contributed by atoms with Crippen LogP contribution < -0.4 is 5.32 Å². The molecular formula is C18H22N4O2S. The summed E-state index contributed by atoms with van der Waals surface area (Å²) in [4.78, 5) is 23.4. The molecular weight excluding hydrogens is 336 g/mol. The monoisotopic (exact) mass is 358 g/mol. The second-order valence-electron chi connectivity index (χ2n) is 5.87. The Kier molecular flexibility index (Phi) is 6.52. The number of carbonyl (C=O) groups excluding carboxylic acids is 2. The van der Waals surface area contributed by atoms with Crippen molar-refractivity contribution in [2.45, 2.75) is 38.4 Å². The van der Waals surface area contributed by atoms with Crippen LogP contribution in [-0.4, -0.2) is 32.2 Å². The van der Waals surface area contributed by atoms with Gasteiger partial charge < -0.3 is 9.88 Å². The number of benzene rings is 1. The molecule has 0 aliphatic carbocycles. The number of nitrogens with zero attached hydrogens (tertiary/aromatic N) is 3. The number of aromatic nitrogens is 3. The molecule has 0 radical (unpaired) electrons. The Bertz CT molecular complexity index is 766. The number of amides is 1. The van der Waals surface area contributed by atoms with Crippen LogP contribution in [0.5, 0.6) is 0 Å². The first-order valence-corrected chi connectivity index (χ1v) is 8.98. The summed E-state index contributed by atoms with van der Waals surface area (Å²) in [5, 5.41) is 11.9. The maximum atomic E-state index is 12.1. The number of Topliss-reactive ketones (excluding diaryl/α,β-unsaturated/α-hetero) is 1. The smallest absolute Gasteiger partial charge is 0.234 e. The van der Waals surface area contributed by atoms with Gasteiger partial charge in [-0.2, -0.15) is 0 Å². The van der Waals surface area contributed by atoms with Crippen LogP contribution in [0.3, 0.4) is 0 Å². The lowest BCUT2D eigenvalue weighted by Crippen LogP contribution is -2.15. The molecule has 1 heterocycles. The summed E-state index contributed by atoms with van der Waals surface area (Å²) in [6.07, 6.45) is 1.79. The van der Waals surface area contributed by atoms with Crippen molar-refractivity contribution in [2.75, 3.05) is 11.1 Å². The molecule has 25 heavy (non-hydrogen) atoms. The topological polar surface area (TPSA) is 76.9 Å². The molecule has 7 heteroatoms.